The lowest BCUT2D eigenvalue weighted by molar-refractivity contribution is 0.360. The van der Waals surface area contributed by atoms with Gasteiger partial charge < -0.3 is 20.1 Å². The van der Waals surface area contributed by atoms with Crippen LogP contribution in [0, 0.1) is 0 Å². The summed E-state index contributed by atoms with van der Waals surface area (Å²) in [6.45, 7) is 7.89. The Kier molecular flexibility index (Phi) is 3.88. The number of rotatable bonds is 4. The molecule has 0 bridgehead atoms. The monoisotopic (exact) mass is 234 g/mol. The molecule has 0 radical (unpaired) electrons. The molecule has 1 aliphatic rings. The van der Waals surface area contributed by atoms with Crippen molar-refractivity contribution < 1.29 is 9.84 Å². The number of benzene rings is 1. The summed E-state index contributed by atoms with van der Waals surface area (Å²) in [6, 6.07) is 5.34. The zero-order valence-corrected chi connectivity index (χ0v) is 9.85. The van der Waals surface area contributed by atoms with E-state index in [1.807, 2.05) is 6.07 Å². The van der Waals surface area contributed by atoms with Gasteiger partial charge in [-0.25, -0.2) is 0 Å². The number of nitrogens with one attached hydrogen (secondary N) is 1. The number of anilines is 1. The van der Waals surface area contributed by atoms with Gasteiger partial charge >= 0.3 is 0 Å². The van der Waals surface area contributed by atoms with Crippen LogP contribution >= 0.6 is 0 Å². The molecule has 0 aliphatic carbocycles. The summed E-state index contributed by atoms with van der Waals surface area (Å²) in [5.74, 6) is 0.915. The topological polar surface area (TPSA) is 44.7 Å². The molecule has 1 aliphatic heterocycles. The lowest BCUT2D eigenvalue weighted by atomic mass is 10.2. The summed E-state index contributed by atoms with van der Waals surface area (Å²) in [6.07, 6.45) is 1.69. The van der Waals surface area contributed by atoms with Gasteiger partial charge in [-0.1, -0.05) is 12.7 Å². The van der Waals surface area contributed by atoms with Gasteiger partial charge in [0.05, 0.1) is 0 Å². The van der Waals surface area contributed by atoms with Gasteiger partial charge in [-0.2, -0.15) is 0 Å². The van der Waals surface area contributed by atoms with Crippen LogP contribution in [0.3, 0.4) is 0 Å². The Labute approximate surface area is 102 Å². The first kappa shape index (κ1) is 11.8. The summed E-state index contributed by atoms with van der Waals surface area (Å²) in [5.41, 5.74) is 1.01. The van der Waals surface area contributed by atoms with Crippen molar-refractivity contribution in [3.05, 3.63) is 30.9 Å². The average Bonchev–Trinajstić information content (AvgIpc) is 2.37. The molecule has 1 aromatic carbocycles. The van der Waals surface area contributed by atoms with E-state index >= 15 is 0 Å². The molecular weight excluding hydrogens is 216 g/mol. The van der Waals surface area contributed by atoms with Crippen molar-refractivity contribution in [2.75, 3.05) is 37.7 Å². The minimum absolute atomic E-state index is 0.236. The van der Waals surface area contributed by atoms with E-state index in [4.69, 9.17) is 4.74 Å². The molecule has 4 nitrogen and oxygen atoms in total. The fourth-order valence-electron chi connectivity index (χ4n) is 1.91. The van der Waals surface area contributed by atoms with E-state index in [0.29, 0.717) is 12.4 Å². The Balaban J connectivity index is 2.14. The van der Waals surface area contributed by atoms with Crippen molar-refractivity contribution in [1.29, 1.82) is 0 Å². The van der Waals surface area contributed by atoms with Crippen molar-refractivity contribution in [3.63, 3.8) is 0 Å². The molecule has 0 aromatic heterocycles. The van der Waals surface area contributed by atoms with E-state index in [9.17, 15) is 5.11 Å². The SMILES string of the molecule is C=CCOc1cc(O)cc(N2CCNCC2)c1. The van der Waals surface area contributed by atoms with Crippen molar-refractivity contribution in [3.8, 4) is 11.5 Å². The fourth-order valence-corrected chi connectivity index (χ4v) is 1.91. The number of aromatic hydroxyl groups is 1. The molecule has 1 saturated heterocycles. The van der Waals surface area contributed by atoms with Crippen molar-refractivity contribution in [1.82, 2.24) is 5.32 Å². The second-order valence-electron chi connectivity index (χ2n) is 4.02. The van der Waals surface area contributed by atoms with Crippen molar-refractivity contribution in [2.45, 2.75) is 0 Å². The number of phenols is 1. The highest BCUT2D eigenvalue weighted by molar-refractivity contribution is 5.55. The third-order valence-corrected chi connectivity index (χ3v) is 2.73. The molecule has 17 heavy (non-hydrogen) atoms. The Morgan fingerprint density at radius 3 is 2.82 bits per heavy atom. The Morgan fingerprint density at radius 2 is 2.12 bits per heavy atom. The van der Waals surface area contributed by atoms with Gasteiger partial charge in [-0.15, -0.1) is 0 Å². The van der Waals surface area contributed by atoms with Crippen LogP contribution in [0.25, 0.3) is 0 Å². The van der Waals surface area contributed by atoms with E-state index in [1.165, 1.54) is 0 Å². The average molecular weight is 234 g/mol. The zero-order valence-electron chi connectivity index (χ0n) is 9.85. The molecule has 1 heterocycles. The van der Waals surface area contributed by atoms with E-state index < -0.39 is 0 Å². The second kappa shape index (κ2) is 5.59. The molecule has 2 N–H and O–H groups in total. The van der Waals surface area contributed by atoms with Crippen LogP contribution in [0.2, 0.25) is 0 Å². The number of ether oxygens (including phenoxy) is 1. The molecule has 4 heteroatoms. The lowest BCUT2D eigenvalue weighted by Crippen LogP contribution is -2.43. The van der Waals surface area contributed by atoms with Gasteiger partial charge in [0.1, 0.15) is 18.1 Å². The highest BCUT2D eigenvalue weighted by Crippen LogP contribution is 2.28. The first-order valence-corrected chi connectivity index (χ1v) is 5.83. The zero-order chi connectivity index (χ0) is 12.1. The smallest absolute Gasteiger partial charge is 0.125 e. The van der Waals surface area contributed by atoms with Gasteiger partial charge in [-0.3, -0.25) is 0 Å². The van der Waals surface area contributed by atoms with Gasteiger partial charge in [0.25, 0.3) is 0 Å². The Bertz CT molecular complexity index is 387. The van der Waals surface area contributed by atoms with E-state index in [2.05, 4.69) is 16.8 Å². The molecule has 1 aromatic rings. The van der Waals surface area contributed by atoms with Crippen LogP contribution < -0.4 is 15.0 Å². The van der Waals surface area contributed by atoms with Crippen molar-refractivity contribution in [2.24, 2.45) is 0 Å². The largest absolute Gasteiger partial charge is 0.508 e. The van der Waals surface area contributed by atoms with Crippen molar-refractivity contribution >= 4 is 5.69 Å². The summed E-state index contributed by atoms with van der Waals surface area (Å²) in [7, 11) is 0. The maximum absolute atomic E-state index is 9.68. The minimum atomic E-state index is 0.236. The quantitative estimate of drug-likeness (QED) is 0.772. The first-order valence-electron chi connectivity index (χ1n) is 5.83. The maximum Gasteiger partial charge on any atom is 0.125 e. The van der Waals surface area contributed by atoms with Crippen LogP contribution in [0.15, 0.2) is 30.9 Å². The number of phenolic OH excluding ortho intramolecular Hbond substituents is 1. The molecule has 2 rings (SSSR count). The highest BCUT2D eigenvalue weighted by atomic mass is 16.5. The van der Waals surface area contributed by atoms with Crippen LogP contribution in [0.5, 0.6) is 11.5 Å². The van der Waals surface area contributed by atoms with Crippen LogP contribution in [-0.4, -0.2) is 37.9 Å². The second-order valence-corrected chi connectivity index (χ2v) is 4.02. The third kappa shape index (κ3) is 3.14. The normalized spacial score (nSPS) is 15.6. The van der Waals surface area contributed by atoms with Gasteiger partial charge in [-0.05, 0) is 0 Å². The standard InChI is InChI=1S/C13H18N2O2/c1-2-7-17-13-9-11(8-12(16)10-13)15-5-3-14-4-6-15/h2,8-10,14,16H,1,3-7H2. The van der Waals surface area contributed by atoms with Crippen LogP contribution in [0.1, 0.15) is 0 Å². The number of hydrogen-bond donors (Lipinski definition) is 2. The molecule has 92 valence electrons. The molecule has 0 spiro atoms. The minimum Gasteiger partial charge on any atom is -0.508 e. The lowest BCUT2D eigenvalue weighted by Gasteiger charge is -2.29. The molecule has 0 saturated carbocycles. The Morgan fingerprint density at radius 1 is 1.35 bits per heavy atom. The third-order valence-electron chi connectivity index (χ3n) is 2.73. The van der Waals surface area contributed by atoms with Gasteiger partial charge in [0.15, 0.2) is 0 Å². The summed E-state index contributed by atoms with van der Waals surface area (Å²) < 4.78 is 5.45. The Hall–Kier alpha value is -1.68. The van der Waals surface area contributed by atoms with Gasteiger partial charge in [0, 0.05) is 50.1 Å². The predicted octanol–water partition coefficient (Wildman–Crippen LogP) is 1.37. The molecular formula is C13H18N2O2. The predicted molar refractivity (Wildman–Crippen MR) is 68.9 cm³/mol. The molecule has 0 unspecified atom stereocenters. The number of piperazine rings is 1. The fraction of sp³-hybridized carbons (Fsp3) is 0.385. The molecule has 0 atom stereocenters. The molecule has 1 fully saturated rings. The number of nitrogens with zero attached hydrogens (tertiary/aromatic N) is 1. The molecule has 0 amide bonds. The van der Waals surface area contributed by atoms with Gasteiger partial charge in [0.2, 0.25) is 0 Å². The van der Waals surface area contributed by atoms with Crippen LogP contribution in [-0.2, 0) is 0 Å². The summed E-state index contributed by atoms with van der Waals surface area (Å²) in [5, 5.41) is 13.0. The van der Waals surface area contributed by atoms with E-state index in [-0.39, 0.29) is 5.75 Å². The van der Waals surface area contributed by atoms with Crippen LogP contribution in [0.4, 0.5) is 5.69 Å². The van der Waals surface area contributed by atoms with E-state index in [1.54, 1.807) is 18.2 Å². The summed E-state index contributed by atoms with van der Waals surface area (Å²) in [4.78, 5) is 2.23. The highest BCUT2D eigenvalue weighted by Gasteiger charge is 2.12. The van der Waals surface area contributed by atoms with E-state index in [0.717, 1.165) is 31.9 Å². The maximum atomic E-state index is 9.68. The summed E-state index contributed by atoms with van der Waals surface area (Å²) >= 11 is 0. The number of hydrogen-bond acceptors (Lipinski definition) is 4. The first-order chi connectivity index (χ1) is 8.29.